The fourth-order valence-corrected chi connectivity index (χ4v) is 5.95. The number of sulfonamides is 1. The maximum absolute atomic E-state index is 14.0. The van der Waals surface area contributed by atoms with Crippen molar-refractivity contribution in [2.24, 2.45) is 0 Å². The molecule has 3 rings (SSSR count). The highest BCUT2D eigenvalue weighted by molar-refractivity contribution is 7.92. The minimum Gasteiger partial charge on any atom is -0.354 e. The van der Waals surface area contributed by atoms with E-state index in [1.165, 1.54) is 17.0 Å². The Balaban J connectivity index is 2.02. The van der Waals surface area contributed by atoms with E-state index in [0.717, 1.165) is 27.4 Å². The van der Waals surface area contributed by atoms with Gasteiger partial charge in [0, 0.05) is 18.1 Å². The van der Waals surface area contributed by atoms with Crippen LogP contribution in [-0.4, -0.2) is 50.8 Å². The van der Waals surface area contributed by atoms with Gasteiger partial charge in [-0.05, 0) is 68.5 Å². The van der Waals surface area contributed by atoms with E-state index in [4.69, 9.17) is 11.6 Å². The van der Waals surface area contributed by atoms with E-state index in [0.29, 0.717) is 24.4 Å². The zero-order chi connectivity index (χ0) is 29.3. The first kappa shape index (κ1) is 31.2. The van der Waals surface area contributed by atoms with Gasteiger partial charge in [0.05, 0.1) is 10.6 Å². The number of carbonyl (C=O) groups is 2. The third-order valence-corrected chi connectivity index (χ3v) is 8.95. The van der Waals surface area contributed by atoms with Crippen LogP contribution in [0.15, 0.2) is 77.7 Å². The van der Waals surface area contributed by atoms with E-state index >= 15 is 0 Å². The molecule has 0 saturated heterocycles. The van der Waals surface area contributed by atoms with Crippen LogP contribution in [0.5, 0.6) is 0 Å². The maximum Gasteiger partial charge on any atom is 0.264 e. The third kappa shape index (κ3) is 7.86. The Morgan fingerprint density at radius 3 is 2.23 bits per heavy atom. The Hall–Kier alpha value is -3.36. The molecule has 0 saturated carbocycles. The molecule has 1 atom stereocenters. The van der Waals surface area contributed by atoms with Crippen LogP contribution >= 0.6 is 11.6 Å². The Morgan fingerprint density at radius 1 is 0.950 bits per heavy atom. The second-order valence-corrected chi connectivity index (χ2v) is 12.1. The largest absolute Gasteiger partial charge is 0.354 e. The summed E-state index contributed by atoms with van der Waals surface area (Å²) in [6.07, 6.45) is 1.67. The van der Waals surface area contributed by atoms with E-state index < -0.39 is 28.5 Å². The van der Waals surface area contributed by atoms with Crippen molar-refractivity contribution in [2.45, 2.75) is 57.9 Å². The molecular formula is C31H38ClN3O4S. The van der Waals surface area contributed by atoms with Crippen LogP contribution in [0.2, 0.25) is 5.02 Å². The number of halogens is 1. The van der Waals surface area contributed by atoms with Crippen molar-refractivity contribution in [3.05, 3.63) is 94.5 Å². The smallest absolute Gasteiger partial charge is 0.264 e. The van der Waals surface area contributed by atoms with Crippen LogP contribution in [0.25, 0.3) is 0 Å². The zero-order valence-corrected chi connectivity index (χ0v) is 25.1. The standard InChI is InChI=1S/C31H38ClN3O4S/c1-5-19-33-31(37)29(6-2)34(20-18-25-10-8-7-9-11-25)30(36)22-35(26-15-14-24(4)28(32)21-26)40(38,39)27-16-12-23(3)13-17-27/h7-17,21,29H,5-6,18-20,22H2,1-4H3,(H,33,37)/t29-/m1/s1. The monoisotopic (exact) mass is 583 g/mol. The molecule has 0 radical (unpaired) electrons. The summed E-state index contributed by atoms with van der Waals surface area (Å²) in [6, 6.07) is 20.3. The normalized spacial score (nSPS) is 12.0. The number of anilines is 1. The Labute approximate surface area is 243 Å². The van der Waals surface area contributed by atoms with Gasteiger partial charge < -0.3 is 10.2 Å². The van der Waals surface area contributed by atoms with E-state index in [-0.39, 0.29) is 23.0 Å². The van der Waals surface area contributed by atoms with Crippen molar-refractivity contribution in [2.75, 3.05) is 23.9 Å². The molecule has 9 heteroatoms. The van der Waals surface area contributed by atoms with Gasteiger partial charge in [-0.15, -0.1) is 0 Å². The van der Waals surface area contributed by atoms with Crippen molar-refractivity contribution in [3.8, 4) is 0 Å². The van der Waals surface area contributed by atoms with E-state index in [9.17, 15) is 18.0 Å². The topological polar surface area (TPSA) is 86.8 Å². The maximum atomic E-state index is 14.0. The van der Waals surface area contributed by atoms with Gasteiger partial charge in [-0.3, -0.25) is 13.9 Å². The van der Waals surface area contributed by atoms with Crippen LogP contribution in [0.4, 0.5) is 5.69 Å². The summed E-state index contributed by atoms with van der Waals surface area (Å²) in [5, 5.41) is 3.28. The summed E-state index contributed by atoms with van der Waals surface area (Å²) in [4.78, 5) is 28.7. The highest BCUT2D eigenvalue weighted by Crippen LogP contribution is 2.28. The first-order valence-electron chi connectivity index (χ1n) is 13.5. The number of hydrogen-bond donors (Lipinski definition) is 1. The second-order valence-electron chi connectivity index (χ2n) is 9.80. The van der Waals surface area contributed by atoms with Gasteiger partial charge in [0.1, 0.15) is 12.6 Å². The molecule has 0 bridgehead atoms. The van der Waals surface area contributed by atoms with Crippen LogP contribution in [0.1, 0.15) is 43.4 Å². The lowest BCUT2D eigenvalue weighted by Gasteiger charge is -2.33. The van der Waals surface area contributed by atoms with Crippen LogP contribution in [0, 0.1) is 13.8 Å². The molecule has 0 aromatic heterocycles. The van der Waals surface area contributed by atoms with E-state index in [1.54, 1.807) is 30.3 Å². The van der Waals surface area contributed by atoms with Crippen molar-refractivity contribution < 1.29 is 18.0 Å². The predicted octanol–water partition coefficient (Wildman–Crippen LogP) is 5.53. The second kappa shape index (κ2) is 14.3. The fraction of sp³-hybridized carbons (Fsp3) is 0.355. The van der Waals surface area contributed by atoms with Gasteiger partial charge in [-0.25, -0.2) is 8.42 Å². The first-order chi connectivity index (χ1) is 19.1. The molecule has 0 fully saturated rings. The lowest BCUT2D eigenvalue weighted by Crippen LogP contribution is -2.53. The number of aryl methyl sites for hydroxylation is 2. The average molecular weight is 584 g/mol. The lowest BCUT2D eigenvalue weighted by atomic mass is 10.1. The molecule has 0 spiro atoms. The van der Waals surface area contributed by atoms with Crippen molar-refractivity contribution >= 4 is 39.1 Å². The summed E-state index contributed by atoms with van der Waals surface area (Å²) >= 11 is 6.38. The highest BCUT2D eigenvalue weighted by atomic mass is 35.5. The van der Waals surface area contributed by atoms with Crippen LogP contribution < -0.4 is 9.62 Å². The molecular weight excluding hydrogens is 546 g/mol. The van der Waals surface area contributed by atoms with Gasteiger partial charge in [0.2, 0.25) is 11.8 Å². The SMILES string of the molecule is CCCNC(=O)[C@@H](CC)N(CCc1ccccc1)C(=O)CN(c1ccc(C)c(Cl)c1)S(=O)(=O)c1ccc(C)cc1. The van der Waals surface area contributed by atoms with Gasteiger partial charge in [0.15, 0.2) is 0 Å². The number of nitrogens with zero attached hydrogens (tertiary/aromatic N) is 2. The number of amides is 2. The molecule has 3 aromatic carbocycles. The summed E-state index contributed by atoms with van der Waals surface area (Å²) < 4.78 is 28.9. The summed E-state index contributed by atoms with van der Waals surface area (Å²) in [5.74, 6) is -0.723. The average Bonchev–Trinajstić information content (AvgIpc) is 2.94. The van der Waals surface area contributed by atoms with Crippen LogP contribution in [0.3, 0.4) is 0 Å². The van der Waals surface area contributed by atoms with Gasteiger partial charge >= 0.3 is 0 Å². The van der Waals surface area contributed by atoms with E-state index in [1.807, 2.05) is 58.0 Å². The molecule has 7 nitrogen and oxygen atoms in total. The summed E-state index contributed by atoms with van der Waals surface area (Å²) in [6.45, 7) is 7.76. The Kier molecular flexibility index (Phi) is 11.2. The van der Waals surface area contributed by atoms with Crippen molar-refractivity contribution in [1.82, 2.24) is 10.2 Å². The molecule has 0 aliphatic rings. The van der Waals surface area contributed by atoms with Gasteiger partial charge in [-0.1, -0.05) is 79.5 Å². The van der Waals surface area contributed by atoms with Gasteiger partial charge in [0.25, 0.3) is 10.0 Å². The molecule has 0 unspecified atom stereocenters. The number of benzene rings is 3. The Morgan fingerprint density at radius 2 is 1.62 bits per heavy atom. The summed E-state index contributed by atoms with van der Waals surface area (Å²) in [7, 11) is -4.14. The molecule has 0 heterocycles. The third-order valence-electron chi connectivity index (χ3n) is 6.75. The Bertz CT molecular complexity index is 1400. The zero-order valence-electron chi connectivity index (χ0n) is 23.6. The number of rotatable bonds is 13. The molecule has 214 valence electrons. The molecule has 0 aliphatic carbocycles. The van der Waals surface area contributed by atoms with Gasteiger partial charge in [-0.2, -0.15) is 0 Å². The van der Waals surface area contributed by atoms with Crippen molar-refractivity contribution in [1.29, 1.82) is 0 Å². The number of hydrogen-bond acceptors (Lipinski definition) is 4. The molecule has 1 N–H and O–H groups in total. The lowest BCUT2D eigenvalue weighted by molar-refractivity contribution is -0.139. The highest BCUT2D eigenvalue weighted by Gasteiger charge is 2.33. The van der Waals surface area contributed by atoms with E-state index in [2.05, 4.69) is 5.32 Å². The molecule has 0 aliphatic heterocycles. The minimum absolute atomic E-state index is 0.0613. The minimum atomic E-state index is -4.14. The first-order valence-corrected chi connectivity index (χ1v) is 15.4. The number of nitrogens with one attached hydrogen (secondary N) is 1. The quantitative estimate of drug-likeness (QED) is 0.287. The molecule has 2 amide bonds. The number of carbonyl (C=O) groups excluding carboxylic acids is 2. The van der Waals surface area contributed by atoms with Crippen LogP contribution in [-0.2, 0) is 26.0 Å². The predicted molar refractivity (Wildman–Crippen MR) is 161 cm³/mol. The molecule has 40 heavy (non-hydrogen) atoms. The summed E-state index contributed by atoms with van der Waals surface area (Å²) in [5.41, 5.74) is 2.98. The fourth-order valence-electron chi connectivity index (χ4n) is 4.37. The van der Waals surface area contributed by atoms with Crippen molar-refractivity contribution in [3.63, 3.8) is 0 Å². The molecule has 3 aromatic rings.